The molecule has 206 valence electrons. The number of carbonyl (C=O) groups excluding carboxylic acids is 2. The molecular weight excluding hydrogens is 534 g/mol. The second kappa shape index (κ2) is 10.2. The lowest BCUT2D eigenvalue weighted by atomic mass is 9.95. The zero-order chi connectivity index (χ0) is 27.9. The van der Waals surface area contributed by atoms with E-state index >= 15 is 0 Å². The van der Waals surface area contributed by atoms with Crippen molar-refractivity contribution >= 4 is 21.8 Å². The summed E-state index contributed by atoms with van der Waals surface area (Å²) < 4.78 is 83.9. The number of sulfonamides is 1. The maximum Gasteiger partial charge on any atom is 0.573 e. The zero-order valence-corrected chi connectivity index (χ0v) is 21.0. The van der Waals surface area contributed by atoms with Crippen LogP contribution >= 0.6 is 0 Å². The first-order chi connectivity index (χ1) is 17.7. The fourth-order valence-electron chi connectivity index (χ4n) is 4.93. The van der Waals surface area contributed by atoms with Gasteiger partial charge in [0.2, 0.25) is 15.9 Å². The highest BCUT2D eigenvalue weighted by atomic mass is 32.2. The van der Waals surface area contributed by atoms with E-state index in [1.54, 1.807) is 4.90 Å². The van der Waals surface area contributed by atoms with Gasteiger partial charge in [-0.2, -0.15) is 0 Å². The summed E-state index contributed by atoms with van der Waals surface area (Å²) >= 11 is 0. The van der Waals surface area contributed by atoms with Crippen LogP contribution < -0.4 is 9.88 Å². The number of benzene rings is 2. The Hall–Kier alpha value is -3.23. The standard InChI is InChI=1S/C24H25F4N3O6S/c1-36-23-13-30(21(32)9-4-15-2-5-17(6-3-15)37-24(26,27)28)11-16(23)12-31(14-23)22(33)19-8-7-18(10-20(19)25)38(29,34)35/h2-3,5-8,10,16H,4,9,11-14H2,1H3,(H2,29,34,35)/t16-,23+/m0/s1. The zero-order valence-electron chi connectivity index (χ0n) is 20.2. The van der Waals surface area contributed by atoms with Gasteiger partial charge in [-0.15, -0.1) is 13.2 Å². The van der Waals surface area contributed by atoms with E-state index in [1.165, 1.54) is 36.3 Å². The molecule has 2 heterocycles. The Labute approximate surface area is 216 Å². The van der Waals surface area contributed by atoms with E-state index in [0.29, 0.717) is 24.6 Å². The van der Waals surface area contributed by atoms with Gasteiger partial charge in [-0.3, -0.25) is 9.59 Å². The van der Waals surface area contributed by atoms with Crippen molar-refractivity contribution in [1.82, 2.24) is 9.80 Å². The second-order valence-corrected chi connectivity index (χ2v) is 10.9. The molecule has 2 saturated heterocycles. The number of hydrogen-bond donors (Lipinski definition) is 1. The van der Waals surface area contributed by atoms with Gasteiger partial charge in [0.05, 0.1) is 23.5 Å². The molecule has 0 unspecified atom stereocenters. The predicted molar refractivity (Wildman–Crippen MR) is 125 cm³/mol. The molecule has 2 aliphatic rings. The minimum absolute atomic E-state index is 0.105. The number of primary sulfonamides is 1. The highest BCUT2D eigenvalue weighted by Gasteiger charge is 2.55. The van der Waals surface area contributed by atoms with Gasteiger partial charge in [-0.05, 0) is 42.3 Å². The van der Waals surface area contributed by atoms with Crippen LogP contribution in [-0.4, -0.2) is 75.3 Å². The number of alkyl halides is 3. The number of aryl methyl sites for hydroxylation is 1. The number of amides is 2. The summed E-state index contributed by atoms with van der Waals surface area (Å²) in [6.07, 6.45) is -4.35. The molecule has 0 bridgehead atoms. The monoisotopic (exact) mass is 559 g/mol. The van der Waals surface area contributed by atoms with E-state index in [9.17, 15) is 35.6 Å². The van der Waals surface area contributed by atoms with Crippen molar-refractivity contribution in [2.24, 2.45) is 11.1 Å². The number of nitrogens with two attached hydrogens (primary N) is 1. The third-order valence-corrected chi connectivity index (χ3v) is 7.78. The van der Waals surface area contributed by atoms with Crippen LogP contribution in [0.25, 0.3) is 0 Å². The predicted octanol–water partition coefficient (Wildman–Crippen LogP) is 2.30. The van der Waals surface area contributed by atoms with Crippen molar-refractivity contribution in [2.75, 3.05) is 33.3 Å². The van der Waals surface area contributed by atoms with E-state index in [-0.39, 0.29) is 49.2 Å². The molecule has 9 nitrogen and oxygen atoms in total. The van der Waals surface area contributed by atoms with Gasteiger partial charge >= 0.3 is 6.36 Å². The van der Waals surface area contributed by atoms with Crippen LogP contribution in [0.4, 0.5) is 17.6 Å². The average Bonchev–Trinajstić information content (AvgIpc) is 3.36. The van der Waals surface area contributed by atoms with E-state index in [0.717, 1.165) is 12.1 Å². The largest absolute Gasteiger partial charge is 0.573 e. The molecule has 2 aromatic rings. The van der Waals surface area contributed by atoms with Crippen LogP contribution in [0.5, 0.6) is 5.75 Å². The quantitative estimate of drug-likeness (QED) is 0.520. The summed E-state index contributed by atoms with van der Waals surface area (Å²) in [5.41, 5.74) is -0.483. The Balaban J connectivity index is 1.36. The number of fused-ring (bicyclic) bond motifs is 1. The number of carbonyl (C=O) groups is 2. The lowest BCUT2D eigenvalue weighted by molar-refractivity contribution is -0.274. The van der Waals surface area contributed by atoms with E-state index < -0.39 is 38.6 Å². The maximum atomic E-state index is 14.5. The van der Waals surface area contributed by atoms with E-state index in [4.69, 9.17) is 9.88 Å². The minimum atomic E-state index is -4.78. The van der Waals surface area contributed by atoms with Crippen molar-refractivity contribution < 1.29 is 45.0 Å². The summed E-state index contributed by atoms with van der Waals surface area (Å²) in [6.45, 7) is 0.824. The van der Waals surface area contributed by atoms with Gasteiger partial charge < -0.3 is 19.3 Å². The molecule has 38 heavy (non-hydrogen) atoms. The molecule has 0 radical (unpaired) electrons. The van der Waals surface area contributed by atoms with E-state index in [2.05, 4.69) is 4.74 Å². The number of rotatable bonds is 7. The molecule has 14 heteroatoms. The van der Waals surface area contributed by atoms with Gasteiger partial charge in [0, 0.05) is 32.5 Å². The lowest BCUT2D eigenvalue weighted by Crippen LogP contribution is -2.44. The summed E-state index contributed by atoms with van der Waals surface area (Å²) in [4.78, 5) is 28.4. The van der Waals surface area contributed by atoms with Gasteiger partial charge in [0.15, 0.2) is 0 Å². The number of methoxy groups -OCH3 is 1. The third kappa shape index (κ3) is 5.92. The van der Waals surface area contributed by atoms with Crippen LogP contribution in [0.1, 0.15) is 22.3 Å². The summed E-state index contributed by atoms with van der Waals surface area (Å²) in [6, 6.07) is 8.12. The summed E-state index contributed by atoms with van der Waals surface area (Å²) in [7, 11) is -2.65. The molecule has 2 aliphatic heterocycles. The SMILES string of the molecule is CO[C@@]12CN(C(=O)CCc3ccc(OC(F)(F)F)cc3)C[C@H]1CN(C(=O)c1ccc(S(N)(=O)=O)cc1F)C2. The molecule has 0 spiro atoms. The number of hydrogen-bond acceptors (Lipinski definition) is 6. The van der Waals surface area contributed by atoms with Crippen LogP contribution in [0.2, 0.25) is 0 Å². The van der Waals surface area contributed by atoms with Gasteiger partial charge in [0.25, 0.3) is 5.91 Å². The highest BCUT2D eigenvalue weighted by Crippen LogP contribution is 2.39. The molecule has 2 fully saturated rings. The van der Waals surface area contributed by atoms with Crippen LogP contribution in [0, 0.1) is 11.7 Å². The Kier molecular flexibility index (Phi) is 7.43. The second-order valence-electron chi connectivity index (χ2n) is 9.30. The molecule has 0 saturated carbocycles. The molecule has 0 aliphatic carbocycles. The topological polar surface area (TPSA) is 119 Å². The first-order valence-electron chi connectivity index (χ1n) is 11.5. The number of nitrogens with zero attached hydrogens (tertiary/aromatic N) is 2. The number of ether oxygens (including phenoxy) is 2. The maximum absolute atomic E-state index is 14.5. The Morgan fingerprint density at radius 1 is 1.08 bits per heavy atom. The third-order valence-electron chi connectivity index (χ3n) is 6.87. The summed E-state index contributed by atoms with van der Waals surface area (Å²) in [5.74, 6) is -2.40. The number of halogens is 4. The van der Waals surface area contributed by atoms with E-state index in [1.807, 2.05) is 0 Å². The molecule has 4 rings (SSSR count). The molecule has 2 amide bonds. The fourth-order valence-corrected chi connectivity index (χ4v) is 5.46. The molecule has 0 aromatic heterocycles. The molecular formula is C24H25F4N3O6S. The molecule has 2 aromatic carbocycles. The van der Waals surface area contributed by atoms with Crippen molar-refractivity contribution in [3.05, 3.63) is 59.4 Å². The first-order valence-corrected chi connectivity index (χ1v) is 13.0. The van der Waals surface area contributed by atoms with Crippen molar-refractivity contribution in [2.45, 2.75) is 29.7 Å². The lowest BCUT2D eigenvalue weighted by Gasteiger charge is -2.28. The highest BCUT2D eigenvalue weighted by molar-refractivity contribution is 7.89. The average molecular weight is 560 g/mol. The smallest absolute Gasteiger partial charge is 0.406 e. The first kappa shape index (κ1) is 27.8. The Morgan fingerprint density at radius 3 is 2.26 bits per heavy atom. The van der Waals surface area contributed by atoms with Gasteiger partial charge in [-0.25, -0.2) is 17.9 Å². The van der Waals surface area contributed by atoms with Gasteiger partial charge in [0.1, 0.15) is 17.2 Å². The van der Waals surface area contributed by atoms with Crippen molar-refractivity contribution in [3.63, 3.8) is 0 Å². The van der Waals surface area contributed by atoms with Crippen molar-refractivity contribution in [3.8, 4) is 5.75 Å². The van der Waals surface area contributed by atoms with Gasteiger partial charge in [-0.1, -0.05) is 12.1 Å². The Bertz CT molecular complexity index is 1340. The molecule has 2 atom stereocenters. The molecule has 2 N–H and O–H groups in total. The van der Waals surface area contributed by atoms with Crippen LogP contribution in [-0.2, 0) is 26.0 Å². The van der Waals surface area contributed by atoms with Crippen molar-refractivity contribution in [1.29, 1.82) is 0 Å². The fraction of sp³-hybridized carbons (Fsp3) is 0.417. The normalized spacial score (nSPS) is 21.5. The van der Waals surface area contributed by atoms with Crippen LogP contribution in [0.15, 0.2) is 47.4 Å². The number of likely N-dealkylation sites (tertiary alicyclic amines) is 2. The van der Waals surface area contributed by atoms with Crippen LogP contribution in [0.3, 0.4) is 0 Å². The summed E-state index contributed by atoms with van der Waals surface area (Å²) in [5, 5.41) is 5.01. The Morgan fingerprint density at radius 2 is 1.71 bits per heavy atom. The minimum Gasteiger partial charge on any atom is -0.406 e.